The van der Waals surface area contributed by atoms with Gasteiger partial charge in [-0.15, -0.1) is 0 Å². The van der Waals surface area contributed by atoms with Crippen LogP contribution < -0.4 is 15.2 Å². The van der Waals surface area contributed by atoms with E-state index >= 15 is 0 Å². The van der Waals surface area contributed by atoms with Gasteiger partial charge in [-0.05, 0) is 51.3 Å². The predicted molar refractivity (Wildman–Crippen MR) is 117 cm³/mol. The van der Waals surface area contributed by atoms with E-state index in [1.807, 2.05) is 51.1 Å². The molecule has 168 valence electrons. The first-order chi connectivity index (χ1) is 14.7. The zero-order chi connectivity index (χ0) is 22.9. The van der Waals surface area contributed by atoms with Crippen molar-refractivity contribution < 1.29 is 28.5 Å². The Morgan fingerprint density at radius 2 is 1.68 bits per heavy atom. The lowest BCUT2D eigenvalue weighted by Crippen LogP contribution is -2.29. The summed E-state index contributed by atoms with van der Waals surface area (Å²) in [6, 6.07) is 14.6. The molecule has 0 amide bonds. The molecule has 0 saturated heterocycles. The van der Waals surface area contributed by atoms with Crippen LogP contribution in [0.5, 0.6) is 11.5 Å². The Kier molecular flexibility index (Phi) is 8.88. The van der Waals surface area contributed by atoms with Crippen molar-refractivity contribution in [3.8, 4) is 11.5 Å². The maximum atomic E-state index is 12.4. The van der Waals surface area contributed by atoms with E-state index in [1.54, 1.807) is 18.2 Å². The van der Waals surface area contributed by atoms with Crippen LogP contribution in [0.2, 0.25) is 0 Å². The number of rotatable bonds is 10. The molecule has 7 nitrogen and oxygen atoms in total. The summed E-state index contributed by atoms with van der Waals surface area (Å²) in [5, 5.41) is 0. The Morgan fingerprint density at radius 1 is 1.00 bits per heavy atom. The number of methoxy groups -OCH3 is 1. The van der Waals surface area contributed by atoms with Gasteiger partial charge in [-0.25, -0.2) is 4.79 Å². The summed E-state index contributed by atoms with van der Waals surface area (Å²) in [6.45, 7) is 5.75. The van der Waals surface area contributed by atoms with Crippen LogP contribution in [0.25, 0.3) is 0 Å². The van der Waals surface area contributed by atoms with Gasteiger partial charge in [0.05, 0.1) is 7.11 Å². The topological polar surface area (TPSA) is 97.1 Å². The van der Waals surface area contributed by atoms with E-state index in [0.29, 0.717) is 18.6 Å². The van der Waals surface area contributed by atoms with E-state index in [-0.39, 0.29) is 30.3 Å². The van der Waals surface area contributed by atoms with Gasteiger partial charge in [0.25, 0.3) is 0 Å². The van der Waals surface area contributed by atoms with Crippen molar-refractivity contribution in [2.24, 2.45) is 5.73 Å². The van der Waals surface area contributed by atoms with Gasteiger partial charge in [0.15, 0.2) is 0 Å². The summed E-state index contributed by atoms with van der Waals surface area (Å²) in [5.74, 6) is -0.262. The highest BCUT2D eigenvalue weighted by atomic mass is 16.6. The molecule has 0 aliphatic heterocycles. The number of carbonyl (C=O) groups is 2. The van der Waals surface area contributed by atoms with Crippen LogP contribution in [-0.2, 0) is 20.9 Å². The minimum atomic E-state index is -0.713. The average molecular weight is 430 g/mol. The van der Waals surface area contributed by atoms with Crippen LogP contribution in [0, 0.1) is 0 Å². The zero-order valence-electron chi connectivity index (χ0n) is 18.6. The first-order valence-electron chi connectivity index (χ1n) is 10.2. The number of nitrogens with two attached hydrogens (primary N) is 1. The highest BCUT2D eigenvalue weighted by Crippen LogP contribution is 2.31. The third-order valence-electron chi connectivity index (χ3n) is 4.18. The van der Waals surface area contributed by atoms with Crippen molar-refractivity contribution >= 4 is 11.9 Å². The Labute approximate surface area is 183 Å². The second-order valence-corrected chi connectivity index (χ2v) is 8.03. The number of ether oxygens (including phenoxy) is 4. The number of benzene rings is 2. The molecule has 0 aliphatic rings. The Bertz CT molecular complexity index is 860. The highest BCUT2D eigenvalue weighted by molar-refractivity contribution is 5.95. The molecule has 2 aromatic rings. The van der Waals surface area contributed by atoms with Crippen LogP contribution in [-0.4, -0.2) is 30.9 Å². The highest BCUT2D eigenvalue weighted by Gasteiger charge is 2.22. The summed E-state index contributed by atoms with van der Waals surface area (Å²) in [6.07, 6.45) is 0.427. The van der Waals surface area contributed by atoms with Crippen LogP contribution in [0.3, 0.4) is 0 Å². The lowest BCUT2D eigenvalue weighted by molar-refractivity contribution is -0.155. The third-order valence-corrected chi connectivity index (χ3v) is 4.18. The molecule has 1 atom stereocenters. The number of hydrogen-bond donors (Lipinski definition) is 1. The van der Waals surface area contributed by atoms with Gasteiger partial charge >= 0.3 is 11.9 Å². The van der Waals surface area contributed by atoms with Gasteiger partial charge < -0.3 is 18.9 Å². The van der Waals surface area contributed by atoms with E-state index in [0.717, 1.165) is 5.56 Å². The minimum absolute atomic E-state index is 0.170. The molecule has 0 aliphatic carbocycles. The van der Waals surface area contributed by atoms with Crippen molar-refractivity contribution in [2.75, 3.05) is 7.11 Å². The first kappa shape index (κ1) is 24.2. The second-order valence-electron chi connectivity index (χ2n) is 8.03. The predicted octanol–water partition coefficient (Wildman–Crippen LogP) is 4.23. The van der Waals surface area contributed by atoms with Gasteiger partial charge in [0.1, 0.15) is 35.5 Å². The Balaban J connectivity index is 2.02. The van der Waals surface area contributed by atoms with Crippen LogP contribution in [0.4, 0.5) is 0 Å². The molecule has 0 radical (unpaired) electrons. The minimum Gasteiger partial charge on any atom is -0.488 e. The van der Waals surface area contributed by atoms with Gasteiger partial charge in [-0.2, -0.15) is 0 Å². The first-order valence-corrected chi connectivity index (χ1v) is 10.2. The summed E-state index contributed by atoms with van der Waals surface area (Å²) in [4.78, 5) is 24.2. The molecule has 1 unspecified atom stereocenters. The molecule has 0 spiro atoms. The fraction of sp³-hybridized carbons (Fsp3) is 0.417. The molecule has 2 rings (SSSR count). The van der Waals surface area contributed by atoms with E-state index in [9.17, 15) is 9.59 Å². The van der Waals surface area contributed by atoms with E-state index in [4.69, 9.17) is 24.7 Å². The average Bonchev–Trinajstić information content (AvgIpc) is 2.71. The molecule has 7 heteroatoms. The molecule has 2 N–H and O–H groups in total. The van der Waals surface area contributed by atoms with Crippen molar-refractivity contribution in [3.63, 3.8) is 0 Å². The van der Waals surface area contributed by atoms with Gasteiger partial charge in [-0.3, -0.25) is 10.5 Å². The summed E-state index contributed by atoms with van der Waals surface area (Å²) in [5.41, 5.74) is 6.69. The van der Waals surface area contributed by atoms with Crippen LogP contribution in [0.15, 0.2) is 48.5 Å². The molecule has 0 bridgehead atoms. The van der Waals surface area contributed by atoms with Crippen molar-refractivity contribution in [1.82, 2.24) is 0 Å². The van der Waals surface area contributed by atoms with E-state index < -0.39 is 17.8 Å². The van der Waals surface area contributed by atoms with Gasteiger partial charge in [-0.1, -0.05) is 36.4 Å². The molecule has 0 heterocycles. The largest absolute Gasteiger partial charge is 0.488 e. The molecular weight excluding hydrogens is 398 g/mol. The van der Waals surface area contributed by atoms with Crippen molar-refractivity contribution in [1.29, 1.82) is 0 Å². The standard InChI is InChI=1S/C24H31NO6/c1-24(2,3)31-21(26)15-9-14-20(25)30-19-13-8-12-18(22(19)23(27)28-4)29-16-17-10-6-5-7-11-17/h5-8,10-13,20H,9,14-16,25H2,1-4H3. The second kappa shape index (κ2) is 11.4. The maximum Gasteiger partial charge on any atom is 0.345 e. The maximum absolute atomic E-state index is 12.4. The zero-order valence-corrected chi connectivity index (χ0v) is 18.6. The van der Waals surface area contributed by atoms with E-state index in [1.165, 1.54) is 7.11 Å². The number of carbonyl (C=O) groups excluding carboxylic acids is 2. The normalized spacial score (nSPS) is 12.0. The number of esters is 2. The fourth-order valence-electron chi connectivity index (χ4n) is 2.83. The smallest absolute Gasteiger partial charge is 0.345 e. The molecule has 0 aromatic heterocycles. The lowest BCUT2D eigenvalue weighted by atomic mass is 10.1. The van der Waals surface area contributed by atoms with Gasteiger partial charge in [0, 0.05) is 6.42 Å². The summed E-state index contributed by atoms with van der Waals surface area (Å²) in [7, 11) is 1.29. The van der Waals surface area contributed by atoms with Crippen LogP contribution >= 0.6 is 0 Å². The molecule has 0 fully saturated rings. The monoisotopic (exact) mass is 429 g/mol. The SMILES string of the molecule is COC(=O)c1c(OCc2ccccc2)cccc1OC(N)CCCC(=O)OC(C)(C)C. The molecular formula is C24H31NO6. The van der Waals surface area contributed by atoms with Crippen molar-refractivity contribution in [2.45, 2.75) is 58.5 Å². The summed E-state index contributed by atoms with van der Waals surface area (Å²) < 4.78 is 21.8. The van der Waals surface area contributed by atoms with Crippen LogP contribution in [0.1, 0.15) is 56.0 Å². The Hall–Kier alpha value is -3.06. The number of hydrogen-bond acceptors (Lipinski definition) is 7. The quantitative estimate of drug-likeness (QED) is 0.446. The van der Waals surface area contributed by atoms with Gasteiger partial charge in [0.2, 0.25) is 0 Å². The molecule has 2 aromatic carbocycles. The lowest BCUT2D eigenvalue weighted by Gasteiger charge is -2.20. The van der Waals surface area contributed by atoms with Crippen molar-refractivity contribution in [3.05, 3.63) is 59.7 Å². The fourth-order valence-corrected chi connectivity index (χ4v) is 2.83. The third kappa shape index (κ3) is 8.30. The Morgan fingerprint density at radius 3 is 2.32 bits per heavy atom. The molecule has 0 saturated carbocycles. The van der Waals surface area contributed by atoms with E-state index in [2.05, 4.69) is 0 Å². The summed E-state index contributed by atoms with van der Waals surface area (Å²) >= 11 is 0. The molecule has 31 heavy (non-hydrogen) atoms.